The van der Waals surface area contributed by atoms with Gasteiger partial charge in [0.1, 0.15) is 0 Å². The van der Waals surface area contributed by atoms with Crippen LogP contribution in [-0.4, -0.2) is 24.3 Å². The summed E-state index contributed by atoms with van der Waals surface area (Å²) in [5, 5.41) is 4.98. The molecule has 1 aliphatic rings. The lowest BCUT2D eigenvalue weighted by atomic mass is 10.0. The van der Waals surface area contributed by atoms with E-state index in [1.54, 1.807) is 0 Å². The van der Waals surface area contributed by atoms with Gasteiger partial charge in [0, 0.05) is 43.3 Å². The molecular weight excluding hydrogens is 248 g/mol. The molecule has 1 aliphatic heterocycles. The number of rotatable bonds is 4. The molecule has 108 valence electrons. The molecule has 3 rings (SSSR count). The number of hydrogen-bond acceptors (Lipinski definition) is 2. The highest BCUT2D eigenvalue weighted by Crippen LogP contribution is 2.24. The van der Waals surface area contributed by atoms with E-state index < -0.39 is 0 Å². The van der Waals surface area contributed by atoms with Crippen LogP contribution in [0.25, 0.3) is 10.9 Å². The van der Waals surface area contributed by atoms with Crippen LogP contribution in [0.1, 0.15) is 24.1 Å². The normalized spacial score (nSPS) is 19.6. The van der Waals surface area contributed by atoms with Crippen molar-refractivity contribution < 1.29 is 4.74 Å². The molecular formula is C17H24N2O. The van der Waals surface area contributed by atoms with Gasteiger partial charge in [-0.05, 0) is 37.3 Å². The number of nitrogens with zero attached hydrogens (tertiary/aromatic N) is 1. The summed E-state index contributed by atoms with van der Waals surface area (Å²) < 4.78 is 7.85. The molecule has 0 saturated carbocycles. The van der Waals surface area contributed by atoms with Crippen molar-refractivity contribution in [2.45, 2.75) is 26.3 Å². The monoisotopic (exact) mass is 272 g/mol. The van der Waals surface area contributed by atoms with Crippen LogP contribution in [0.5, 0.6) is 0 Å². The van der Waals surface area contributed by atoms with E-state index in [1.807, 2.05) is 0 Å². The first-order valence-electron chi connectivity index (χ1n) is 7.58. The van der Waals surface area contributed by atoms with Gasteiger partial charge < -0.3 is 14.6 Å². The lowest BCUT2D eigenvalue weighted by molar-refractivity contribution is 0.0547. The third-order valence-electron chi connectivity index (χ3n) is 4.49. The molecule has 1 N–H and O–H groups in total. The van der Waals surface area contributed by atoms with Crippen LogP contribution in [0.15, 0.2) is 24.3 Å². The zero-order valence-electron chi connectivity index (χ0n) is 12.5. The summed E-state index contributed by atoms with van der Waals surface area (Å²) in [4.78, 5) is 0. The molecule has 0 spiro atoms. The summed E-state index contributed by atoms with van der Waals surface area (Å²) in [6, 6.07) is 8.63. The fourth-order valence-corrected chi connectivity index (χ4v) is 3.25. The minimum Gasteiger partial charge on any atom is -0.381 e. The van der Waals surface area contributed by atoms with E-state index in [-0.39, 0.29) is 0 Å². The Bertz CT molecular complexity index is 543. The zero-order chi connectivity index (χ0) is 13.9. The van der Waals surface area contributed by atoms with E-state index in [2.05, 4.69) is 48.1 Å². The first-order valence-corrected chi connectivity index (χ1v) is 7.58. The van der Waals surface area contributed by atoms with Gasteiger partial charge >= 0.3 is 0 Å². The molecule has 2 heterocycles. The van der Waals surface area contributed by atoms with Crippen LogP contribution in [0.4, 0.5) is 0 Å². The quantitative estimate of drug-likeness (QED) is 0.926. The van der Waals surface area contributed by atoms with E-state index in [4.69, 9.17) is 4.74 Å². The van der Waals surface area contributed by atoms with Crippen molar-refractivity contribution in [3.63, 3.8) is 0 Å². The summed E-state index contributed by atoms with van der Waals surface area (Å²) in [5.41, 5.74) is 4.11. The Morgan fingerprint density at radius 2 is 2.20 bits per heavy atom. The summed E-state index contributed by atoms with van der Waals surface area (Å²) in [6.45, 7) is 6.08. The largest absolute Gasteiger partial charge is 0.381 e. The van der Waals surface area contributed by atoms with Gasteiger partial charge in [-0.15, -0.1) is 0 Å². The fourth-order valence-electron chi connectivity index (χ4n) is 3.25. The fraction of sp³-hybridized carbons (Fsp3) is 0.529. The Labute approximate surface area is 120 Å². The molecule has 1 saturated heterocycles. The third kappa shape index (κ3) is 2.60. The zero-order valence-corrected chi connectivity index (χ0v) is 12.5. The smallest absolute Gasteiger partial charge is 0.0506 e. The highest BCUT2D eigenvalue weighted by molar-refractivity contribution is 5.85. The number of fused-ring (bicyclic) bond motifs is 1. The number of aryl methyl sites for hydroxylation is 2. The summed E-state index contributed by atoms with van der Waals surface area (Å²) in [7, 11) is 2.16. The molecule has 1 aromatic carbocycles. The predicted octanol–water partition coefficient (Wildman–Crippen LogP) is 3.00. The molecule has 3 heteroatoms. The molecule has 20 heavy (non-hydrogen) atoms. The van der Waals surface area contributed by atoms with Crippen molar-refractivity contribution in [2.24, 2.45) is 13.0 Å². The SMILES string of the molecule is Cc1c(CNCC2CCCOC2)n(C)c2ccccc12. The van der Waals surface area contributed by atoms with Gasteiger partial charge in [0.05, 0.1) is 6.61 Å². The lowest BCUT2D eigenvalue weighted by Gasteiger charge is -2.22. The maximum Gasteiger partial charge on any atom is 0.0506 e. The maximum atomic E-state index is 5.54. The minimum atomic E-state index is 0.679. The van der Waals surface area contributed by atoms with Crippen LogP contribution in [0, 0.1) is 12.8 Å². The van der Waals surface area contributed by atoms with Crippen LogP contribution in [0.3, 0.4) is 0 Å². The lowest BCUT2D eigenvalue weighted by Crippen LogP contribution is -2.29. The number of aromatic nitrogens is 1. The van der Waals surface area contributed by atoms with Crippen LogP contribution in [-0.2, 0) is 18.3 Å². The van der Waals surface area contributed by atoms with Crippen molar-refractivity contribution in [1.82, 2.24) is 9.88 Å². The van der Waals surface area contributed by atoms with Crippen molar-refractivity contribution in [1.29, 1.82) is 0 Å². The Morgan fingerprint density at radius 3 is 2.95 bits per heavy atom. The van der Waals surface area contributed by atoms with Gasteiger partial charge in [-0.1, -0.05) is 18.2 Å². The summed E-state index contributed by atoms with van der Waals surface area (Å²) in [6.07, 6.45) is 2.50. The molecule has 0 aliphatic carbocycles. The molecule has 1 unspecified atom stereocenters. The first kappa shape index (κ1) is 13.7. The van der Waals surface area contributed by atoms with E-state index in [9.17, 15) is 0 Å². The Morgan fingerprint density at radius 1 is 1.35 bits per heavy atom. The van der Waals surface area contributed by atoms with Crippen molar-refractivity contribution >= 4 is 10.9 Å². The summed E-state index contributed by atoms with van der Waals surface area (Å²) >= 11 is 0. The maximum absolute atomic E-state index is 5.54. The summed E-state index contributed by atoms with van der Waals surface area (Å²) in [5.74, 6) is 0.679. The number of nitrogens with one attached hydrogen (secondary N) is 1. The number of ether oxygens (including phenoxy) is 1. The number of para-hydroxylation sites is 1. The van der Waals surface area contributed by atoms with E-state index in [1.165, 1.54) is 35.0 Å². The molecule has 0 radical (unpaired) electrons. The second-order valence-electron chi connectivity index (χ2n) is 5.86. The highest BCUT2D eigenvalue weighted by Gasteiger charge is 2.15. The van der Waals surface area contributed by atoms with Gasteiger partial charge in [-0.3, -0.25) is 0 Å². The molecule has 0 amide bonds. The van der Waals surface area contributed by atoms with E-state index in [0.29, 0.717) is 5.92 Å². The average molecular weight is 272 g/mol. The third-order valence-corrected chi connectivity index (χ3v) is 4.49. The standard InChI is InChI=1S/C17H24N2O/c1-13-15-7-3-4-8-16(15)19(2)17(13)11-18-10-14-6-5-9-20-12-14/h3-4,7-8,14,18H,5-6,9-12H2,1-2H3. The van der Waals surface area contributed by atoms with E-state index in [0.717, 1.165) is 26.3 Å². The van der Waals surface area contributed by atoms with Gasteiger partial charge in [-0.25, -0.2) is 0 Å². The number of benzene rings is 1. The molecule has 1 fully saturated rings. The average Bonchev–Trinajstić information content (AvgIpc) is 2.74. The topological polar surface area (TPSA) is 26.2 Å². The van der Waals surface area contributed by atoms with Gasteiger partial charge in [0.2, 0.25) is 0 Å². The molecule has 1 atom stereocenters. The first-order chi connectivity index (χ1) is 9.77. The van der Waals surface area contributed by atoms with Crippen LogP contribution in [0.2, 0.25) is 0 Å². The van der Waals surface area contributed by atoms with Crippen molar-refractivity contribution in [3.8, 4) is 0 Å². The Balaban J connectivity index is 1.68. The Kier molecular flexibility index (Phi) is 4.08. The second-order valence-corrected chi connectivity index (χ2v) is 5.86. The van der Waals surface area contributed by atoms with E-state index >= 15 is 0 Å². The molecule has 1 aromatic heterocycles. The van der Waals surface area contributed by atoms with Crippen LogP contribution < -0.4 is 5.32 Å². The van der Waals surface area contributed by atoms with Crippen molar-refractivity contribution in [3.05, 3.63) is 35.5 Å². The molecule has 3 nitrogen and oxygen atoms in total. The second kappa shape index (κ2) is 5.98. The van der Waals surface area contributed by atoms with Gasteiger partial charge in [-0.2, -0.15) is 0 Å². The molecule has 2 aromatic rings. The van der Waals surface area contributed by atoms with Crippen LogP contribution >= 0.6 is 0 Å². The predicted molar refractivity (Wildman–Crippen MR) is 82.9 cm³/mol. The minimum absolute atomic E-state index is 0.679. The highest BCUT2D eigenvalue weighted by atomic mass is 16.5. The van der Waals surface area contributed by atoms with Gasteiger partial charge in [0.25, 0.3) is 0 Å². The molecule has 0 bridgehead atoms. The Hall–Kier alpha value is -1.32. The van der Waals surface area contributed by atoms with Gasteiger partial charge in [0.15, 0.2) is 0 Å². The number of hydrogen-bond donors (Lipinski definition) is 1. The van der Waals surface area contributed by atoms with Crippen molar-refractivity contribution in [2.75, 3.05) is 19.8 Å².